The third-order valence-corrected chi connectivity index (χ3v) is 5.83. The van der Waals surface area contributed by atoms with Gasteiger partial charge >= 0.3 is 0 Å². The van der Waals surface area contributed by atoms with Gasteiger partial charge < -0.3 is 5.32 Å². The fraction of sp³-hybridized carbons (Fsp3) is 0.636. The van der Waals surface area contributed by atoms with E-state index in [4.69, 9.17) is 0 Å². The Bertz CT molecular complexity index is 579. The van der Waals surface area contributed by atoms with E-state index < -0.39 is 0 Å². The molecule has 1 atom stereocenters. The molecule has 0 unspecified atom stereocenters. The Hall–Kier alpha value is -1.68. The van der Waals surface area contributed by atoms with Crippen LogP contribution in [0.25, 0.3) is 0 Å². The van der Waals surface area contributed by atoms with Crippen molar-refractivity contribution >= 4 is 11.7 Å². The zero-order valence-electron chi connectivity index (χ0n) is 15.8. The number of hydrogen-bond donors (Lipinski definition) is 1. The van der Waals surface area contributed by atoms with E-state index in [9.17, 15) is 9.59 Å². The van der Waals surface area contributed by atoms with Gasteiger partial charge in [0.25, 0.3) is 0 Å². The normalized spacial score (nSPS) is 22.5. The van der Waals surface area contributed by atoms with E-state index in [1.54, 1.807) is 0 Å². The number of Topliss-reactive ketones (excluding diaryl/α,β-unsaturated/α-hetero) is 1. The lowest BCUT2D eigenvalue weighted by Gasteiger charge is -2.38. The quantitative estimate of drug-likeness (QED) is 0.620. The van der Waals surface area contributed by atoms with Gasteiger partial charge in [0.1, 0.15) is 0 Å². The molecular weight excluding hydrogens is 324 g/mol. The van der Waals surface area contributed by atoms with Gasteiger partial charge in [0.2, 0.25) is 5.91 Å². The Labute approximate surface area is 157 Å². The first-order chi connectivity index (χ1) is 12.7. The molecule has 0 aromatic heterocycles. The molecule has 4 heteroatoms. The van der Waals surface area contributed by atoms with Crippen LogP contribution in [0.2, 0.25) is 0 Å². The first-order valence-corrected chi connectivity index (χ1v) is 10.3. The largest absolute Gasteiger partial charge is 0.352 e. The van der Waals surface area contributed by atoms with Gasteiger partial charge in [-0.25, -0.2) is 0 Å². The third kappa shape index (κ3) is 5.66. The fourth-order valence-corrected chi connectivity index (χ4v) is 4.37. The maximum absolute atomic E-state index is 12.3. The van der Waals surface area contributed by atoms with Crippen LogP contribution >= 0.6 is 0 Å². The SMILES string of the molecule is O=C(CCC(=O)c1ccccc1)N[C@@H]1CCCN(C2CCCCCC2)C1. The second kappa shape index (κ2) is 9.86. The standard InChI is InChI=1S/C22H32N2O2/c25-21(18-9-4-3-5-10-18)14-15-22(26)23-19-11-8-16-24(17-19)20-12-6-1-2-7-13-20/h3-5,9-10,19-20H,1-2,6-8,11-17H2,(H,23,26)/t19-/m1/s1. The molecule has 0 bridgehead atoms. The number of hydrogen-bond acceptors (Lipinski definition) is 3. The molecule has 2 fully saturated rings. The van der Waals surface area contributed by atoms with Gasteiger partial charge in [-0.15, -0.1) is 0 Å². The lowest BCUT2D eigenvalue weighted by Crippen LogP contribution is -2.50. The van der Waals surface area contributed by atoms with Crippen molar-refractivity contribution in [1.29, 1.82) is 0 Å². The van der Waals surface area contributed by atoms with Crippen molar-refractivity contribution in [2.24, 2.45) is 0 Å². The summed E-state index contributed by atoms with van der Waals surface area (Å²) in [5, 5.41) is 3.18. The Morgan fingerprint density at radius 2 is 1.65 bits per heavy atom. The van der Waals surface area contributed by atoms with Crippen LogP contribution in [-0.4, -0.2) is 41.8 Å². The lowest BCUT2D eigenvalue weighted by molar-refractivity contribution is -0.122. The number of nitrogens with one attached hydrogen (secondary N) is 1. The molecule has 0 spiro atoms. The molecule has 1 saturated carbocycles. The number of piperidine rings is 1. The predicted octanol–water partition coefficient (Wildman–Crippen LogP) is 3.95. The van der Waals surface area contributed by atoms with E-state index in [0.29, 0.717) is 11.6 Å². The second-order valence-corrected chi connectivity index (χ2v) is 7.84. The van der Waals surface area contributed by atoms with E-state index >= 15 is 0 Å². The summed E-state index contributed by atoms with van der Waals surface area (Å²) in [6.07, 6.45) is 10.9. The number of amides is 1. The summed E-state index contributed by atoms with van der Waals surface area (Å²) in [5.74, 6) is 0.0615. The molecule has 1 aliphatic carbocycles. The van der Waals surface area contributed by atoms with Gasteiger partial charge in [-0.05, 0) is 32.2 Å². The van der Waals surface area contributed by atoms with Crippen molar-refractivity contribution in [3.63, 3.8) is 0 Å². The predicted molar refractivity (Wildman–Crippen MR) is 104 cm³/mol. The second-order valence-electron chi connectivity index (χ2n) is 7.84. The lowest BCUT2D eigenvalue weighted by atomic mass is 9.99. The number of ketones is 1. The first-order valence-electron chi connectivity index (χ1n) is 10.3. The number of carbonyl (C=O) groups excluding carboxylic acids is 2. The molecule has 1 heterocycles. The Kier molecular flexibility index (Phi) is 7.24. The van der Waals surface area contributed by atoms with Crippen molar-refractivity contribution in [1.82, 2.24) is 10.2 Å². The minimum absolute atomic E-state index is 0.0157. The molecule has 1 aromatic rings. The Balaban J connectivity index is 1.42. The Morgan fingerprint density at radius 1 is 0.923 bits per heavy atom. The summed E-state index contributed by atoms with van der Waals surface area (Å²) in [6.45, 7) is 2.15. The number of benzene rings is 1. The molecule has 1 saturated heterocycles. The number of rotatable bonds is 6. The summed E-state index contributed by atoms with van der Waals surface area (Å²) in [4.78, 5) is 27.1. The van der Waals surface area contributed by atoms with Crippen molar-refractivity contribution < 1.29 is 9.59 Å². The van der Waals surface area contributed by atoms with Crippen molar-refractivity contribution in [3.8, 4) is 0 Å². The molecule has 4 nitrogen and oxygen atoms in total. The molecule has 2 aliphatic rings. The number of carbonyl (C=O) groups is 2. The van der Waals surface area contributed by atoms with Gasteiger partial charge in [0, 0.05) is 37.0 Å². The highest BCUT2D eigenvalue weighted by molar-refractivity contribution is 5.97. The summed E-state index contributed by atoms with van der Waals surface area (Å²) in [6, 6.07) is 10.2. The summed E-state index contributed by atoms with van der Waals surface area (Å²) < 4.78 is 0. The van der Waals surface area contributed by atoms with Crippen LogP contribution in [0.3, 0.4) is 0 Å². The van der Waals surface area contributed by atoms with E-state index in [1.807, 2.05) is 30.3 Å². The van der Waals surface area contributed by atoms with Crippen LogP contribution in [0.1, 0.15) is 74.6 Å². The molecule has 3 rings (SSSR count). The van der Waals surface area contributed by atoms with Crippen LogP contribution in [0.4, 0.5) is 0 Å². The van der Waals surface area contributed by atoms with E-state index in [0.717, 1.165) is 19.4 Å². The highest BCUT2D eigenvalue weighted by atomic mass is 16.2. The minimum Gasteiger partial charge on any atom is -0.352 e. The molecule has 1 aromatic carbocycles. The average Bonchev–Trinajstić information content (AvgIpc) is 2.96. The van der Waals surface area contributed by atoms with Crippen LogP contribution < -0.4 is 5.32 Å². The molecule has 142 valence electrons. The van der Waals surface area contributed by atoms with Gasteiger partial charge in [0.15, 0.2) is 5.78 Å². The number of likely N-dealkylation sites (tertiary alicyclic amines) is 1. The molecule has 1 amide bonds. The van der Waals surface area contributed by atoms with E-state index in [1.165, 1.54) is 45.1 Å². The van der Waals surface area contributed by atoms with Crippen LogP contribution in [0, 0.1) is 0 Å². The highest BCUT2D eigenvalue weighted by Gasteiger charge is 2.27. The van der Waals surface area contributed by atoms with Crippen molar-refractivity contribution in [2.75, 3.05) is 13.1 Å². The zero-order valence-corrected chi connectivity index (χ0v) is 15.8. The summed E-state index contributed by atoms with van der Waals surface area (Å²) >= 11 is 0. The third-order valence-electron chi connectivity index (χ3n) is 5.83. The van der Waals surface area contributed by atoms with Crippen LogP contribution in [0.5, 0.6) is 0 Å². The van der Waals surface area contributed by atoms with E-state index in [2.05, 4.69) is 10.2 Å². The highest BCUT2D eigenvalue weighted by Crippen LogP contribution is 2.24. The molecule has 1 aliphatic heterocycles. The fourth-order valence-electron chi connectivity index (χ4n) is 4.37. The molecule has 26 heavy (non-hydrogen) atoms. The average molecular weight is 357 g/mol. The van der Waals surface area contributed by atoms with E-state index in [-0.39, 0.29) is 30.6 Å². The topological polar surface area (TPSA) is 49.4 Å². The van der Waals surface area contributed by atoms with Gasteiger partial charge in [-0.1, -0.05) is 56.0 Å². The Morgan fingerprint density at radius 3 is 2.38 bits per heavy atom. The van der Waals surface area contributed by atoms with Crippen molar-refractivity contribution in [2.45, 2.75) is 76.3 Å². The van der Waals surface area contributed by atoms with Crippen LogP contribution in [0.15, 0.2) is 30.3 Å². The molecule has 1 N–H and O–H groups in total. The summed E-state index contributed by atoms with van der Waals surface area (Å²) in [7, 11) is 0. The maximum atomic E-state index is 12.3. The van der Waals surface area contributed by atoms with Gasteiger partial charge in [0.05, 0.1) is 0 Å². The summed E-state index contributed by atoms with van der Waals surface area (Å²) in [5.41, 5.74) is 0.692. The van der Waals surface area contributed by atoms with Crippen molar-refractivity contribution in [3.05, 3.63) is 35.9 Å². The molecular formula is C22H32N2O2. The minimum atomic E-state index is 0.0157. The van der Waals surface area contributed by atoms with Crippen LogP contribution in [-0.2, 0) is 4.79 Å². The van der Waals surface area contributed by atoms with Gasteiger partial charge in [-0.3, -0.25) is 14.5 Å². The first kappa shape index (κ1) is 19.1. The zero-order chi connectivity index (χ0) is 18.2. The van der Waals surface area contributed by atoms with Gasteiger partial charge in [-0.2, -0.15) is 0 Å². The monoisotopic (exact) mass is 356 g/mol. The maximum Gasteiger partial charge on any atom is 0.220 e. The number of nitrogens with zero attached hydrogens (tertiary/aromatic N) is 1. The smallest absolute Gasteiger partial charge is 0.220 e. The molecule has 0 radical (unpaired) electrons.